The van der Waals surface area contributed by atoms with E-state index < -0.39 is 61.8 Å². The molecule has 0 atom stereocenters. The lowest BCUT2D eigenvalue weighted by molar-refractivity contribution is 0.303. The van der Waals surface area contributed by atoms with Crippen LogP contribution in [0.25, 0.3) is 0 Å². The van der Waals surface area contributed by atoms with Crippen LogP contribution in [-0.2, 0) is 40.5 Å². The summed E-state index contributed by atoms with van der Waals surface area (Å²) in [6.45, 7) is -0.896. The Morgan fingerprint density at radius 2 is 0.986 bits per heavy atom. The maximum atomic E-state index is 11.8. The van der Waals surface area contributed by atoms with Gasteiger partial charge in [-0.3, -0.25) is 18.2 Å². The van der Waals surface area contributed by atoms with Crippen molar-refractivity contribution in [1.82, 2.24) is 15.0 Å². The fourth-order valence-corrected chi connectivity index (χ4v) is 8.74. The molecule has 7 N–H and O–H groups in total. The van der Waals surface area contributed by atoms with Crippen LogP contribution >= 0.6 is 46.4 Å². The molecule has 5 rings (SSSR count). The first-order valence-corrected chi connectivity index (χ1v) is 26.6. The summed E-state index contributed by atoms with van der Waals surface area (Å²) in [6, 6.07) is 12.0. The Morgan fingerprint density at radius 3 is 1.35 bits per heavy atom. The molecule has 0 saturated heterocycles. The van der Waals surface area contributed by atoms with Crippen LogP contribution in [0.15, 0.2) is 90.9 Å². The van der Waals surface area contributed by atoms with E-state index in [-0.39, 0.29) is 123 Å². The van der Waals surface area contributed by atoms with Crippen LogP contribution in [0, 0.1) is 0 Å². The second-order valence-electron chi connectivity index (χ2n) is 13.8. The Bertz CT molecular complexity index is 3040. The molecule has 69 heavy (non-hydrogen) atoms. The first-order chi connectivity index (χ1) is 32.2. The number of benzene rings is 4. The van der Waals surface area contributed by atoms with E-state index in [0.717, 1.165) is 24.3 Å². The second kappa shape index (κ2) is 23.2. The summed E-state index contributed by atoms with van der Waals surface area (Å²) in [7, 11) is -16.7. The number of halogens is 4. The van der Waals surface area contributed by atoms with Gasteiger partial charge in [-0.05, 0) is 61.4 Å². The third-order valence-electron chi connectivity index (χ3n) is 8.53. The summed E-state index contributed by atoms with van der Waals surface area (Å²) >= 11 is 25.0. The van der Waals surface area contributed by atoms with Crippen LogP contribution in [0.3, 0.4) is 0 Å². The minimum atomic E-state index is -4.73. The lowest BCUT2D eigenvalue weighted by Gasteiger charge is -2.19. The zero-order valence-corrected chi connectivity index (χ0v) is 41.3. The number of hydrogen-bond donors (Lipinski definition) is 7. The van der Waals surface area contributed by atoms with Crippen molar-refractivity contribution >= 4 is 139 Å². The van der Waals surface area contributed by atoms with Crippen molar-refractivity contribution in [1.29, 1.82) is 0 Å². The van der Waals surface area contributed by atoms with Gasteiger partial charge in [0.15, 0.2) is 0 Å². The number of anilines is 5. The molecule has 372 valence electrons. The number of nitrogens with one attached hydrogen (secondary N) is 2. The number of ether oxygens (including phenoxy) is 2. The number of azo groups is 2. The maximum absolute atomic E-state index is 11.8. The second-order valence-corrected chi connectivity index (χ2v) is 21.4. The molecule has 0 amide bonds. The van der Waals surface area contributed by atoms with E-state index in [0.29, 0.717) is 0 Å². The van der Waals surface area contributed by atoms with Crippen molar-refractivity contribution in [2.75, 3.05) is 60.5 Å². The molecule has 0 spiro atoms. The minimum Gasteiger partial charge on any atom is -0.491 e. The molecule has 0 radical (unpaired) electrons. The van der Waals surface area contributed by atoms with E-state index in [4.69, 9.17) is 55.9 Å². The number of aromatic nitrogens is 3. The Kier molecular flexibility index (Phi) is 18.4. The fourth-order valence-electron chi connectivity index (χ4n) is 5.38. The molecule has 0 saturated carbocycles. The molecule has 0 aliphatic rings. The van der Waals surface area contributed by atoms with Gasteiger partial charge in [-0.15, -0.1) is 10.2 Å². The van der Waals surface area contributed by atoms with Crippen LogP contribution < -0.4 is 25.0 Å². The lowest BCUT2D eigenvalue weighted by Crippen LogP contribution is -2.24. The lowest BCUT2D eigenvalue weighted by atomic mass is 10.2. The molecule has 0 aliphatic carbocycles. The predicted octanol–water partition coefficient (Wildman–Crippen LogP) is 8.04. The van der Waals surface area contributed by atoms with Gasteiger partial charge in [0.2, 0.25) is 17.8 Å². The van der Waals surface area contributed by atoms with Gasteiger partial charge in [-0.1, -0.05) is 46.4 Å². The Morgan fingerprint density at radius 1 is 0.580 bits per heavy atom. The highest BCUT2D eigenvalue weighted by atomic mass is 35.5. The molecule has 1 aromatic heterocycles. The van der Waals surface area contributed by atoms with E-state index in [1.54, 1.807) is 7.05 Å². The first-order valence-electron chi connectivity index (χ1n) is 19.0. The van der Waals surface area contributed by atoms with Crippen LogP contribution in [0.1, 0.15) is 12.8 Å². The fraction of sp³-hybridized carbons (Fsp3) is 0.250. The van der Waals surface area contributed by atoms with Gasteiger partial charge in [0, 0.05) is 25.7 Å². The Labute approximate surface area is 413 Å². The predicted molar refractivity (Wildman–Crippen MR) is 254 cm³/mol. The third kappa shape index (κ3) is 16.8. The SMILES string of the molecule is CN(CCO)c1nc(Nc2cc(Cl)c(N=Nc3ccc(Cl)c(S(=O)(=O)O)c3)cc2OCCCS(=O)(=O)O)nc(Nc2cc(Cl)c(N=Nc3ccc(Cl)c(S(=O)(=O)O)c3)cc2OCCCS(=O)(=O)O)n1. The van der Waals surface area contributed by atoms with Crippen LogP contribution in [0.5, 0.6) is 11.5 Å². The number of aliphatic hydroxyl groups is 1. The Balaban J connectivity index is 1.55. The zero-order chi connectivity index (χ0) is 50.9. The van der Waals surface area contributed by atoms with Crippen LogP contribution in [0.4, 0.5) is 52.0 Å². The zero-order valence-electron chi connectivity index (χ0n) is 35.0. The molecule has 0 bridgehead atoms. The van der Waals surface area contributed by atoms with E-state index >= 15 is 0 Å². The maximum Gasteiger partial charge on any atom is 0.296 e. The smallest absolute Gasteiger partial charge is 0.296 e. The number of aliphatic hydroxyl groups excluding tert-OH is 1. The monoisotopic (exact) mass is 1120 g/mol. The quantitative estimate of drug-likeness (QED) is 0.0185. The molecule has 1 heterocycles. The van der Waals surface area contributed by atoms with E-state index in [9.17, 15) is 57.0 Å². The number of likely N-dealkylation sites (N-methyl/N-ethyl adjacent to an activating group) is 1. The highest BCUT2D eigenvalue weighted by Crippen LogP contribution is 2.41. The molecule has 0 fully saturated rings. The van der Waals surface area contributed by atoms with Gasteiger partial charge >= 0.3 is 0 Å². The normalized spacial score (nSPS) is 12.4. The number of hydrogen-bond acceptors (Lipinski definition) is 21. The molecule has 0 unspecified atom stereocenters. The molecule has 0 aliphatic heterocycles. The molecule has 5 aromatic rings. The molecule has 25 nitrogen and oxygen atoms in total. The number of nitrogens with zero attached hydrogens (tertiary/aromatic N) is 8. The summed E-state index contributed by atoms with van der Waals surface area (Å²) in [4.78, 5) is 13.4. The molecule has 4 aromatic carbocycles. The van der Waals surface area contributed by atoms with Gasteiger partial charge in [-0.2, -0.15) is 58.9 Å². The third-order valence-corrected chi connectivity index (χ3v) is 13.4. The summed E-state index contributed by atoms with van der Waals surface area (Å²) in [6.07, 6.45) is -0.369. The van der Waals surface area contributed by atoms with Crippen molar-refractivity contribution in [2.24, 2.45) is 20.5 Å². The molecular weight excluding hydrogens is 1080 g/mol. The minimum absolute atomic E-state index is 0.0168. The average Bonchev–Trinajstić information content (AvgIpc) is 3.23. The summed E-state index contributed by atoms with van der Waals surface area (Å²) in [5.41, 5.74) is -0.152. The van der Waals surface area contributed by atoms with Crippen molar-refractivity contribution in [2.45, 2.75) is 22.6 Å². The largest absolute Gasteiger partial charge is 0.491 e. The first kappa shape index (κ1) is 54.8. The summed E-state index contributed by atoms with van der Waals surface area (Å²) < 4.78 is 142. The standard InChI is InChI=1S/C36H36Cl4N10O15S4/c1-50(8-9-51)36-44-34(41-28-16-24(39)26(18-30(28)64-10-2-12-66(52,53)54)48-46-20-4-6-22(37)32(14-20)68(58,59)60)43-35(45-36)42-29-17-25(40)27(19-31(29)65-11-3-13-67(55,56)57)49-47-21-5-7-23(38)33(15-21)69(61,62)63/h4-7,14-19,51H,2-3,8-13H2,1H3,(H,52,53,54)(H,55,56,57)(H,58,59,60)(H,61,62,63)(H2,41,42,43,44,45). The van der Waals surface area contributed by atoms with Gasteiger partial charge < -0.3 is 30.1 Å². The number of rotatable bonds is 23. The van der Waals surface area contributed by atoms with Crippen LogP contribution in [0.2, 0.25) is 20.1 Å². The Hall–Kier alpha value is -5.15. The molecule has 33 heteroatoms. The van der Waals surface area contributed by atoms with Gasteiger partial charge in [-0.25, -0.2) is 0 Å². The van der Waals surface area contributed by atoms with Crippen molar-refractivity contribution < 1.29 is 66.5 Å². The summed E-state index contributed by atoms with van der Waals surface area (Å²) in [5.74, 6) is -1.88. The van der Waals surface area contributed by atoms with Crippen molar-refractivity contribution in [3.05, 3.63) is 80.8 Å². The molecular formula is C36H36Cl4N10O15S4. The topological polar surface area (TPSA) is 372 Å². The van der Waals surface area contributed by atoms with Gasteiger partial charge in [0.25, 0.3) is 40.5 Å². The highest BCUT2D eigenvalue weighted by Gasteiger charge is 2.20. The van der Waals surface area contributed by atoms with Crippen molar-refractivity contribution in [3.8, 4) is 11.5 Å². The van der Waals surface area contributed by atoms with Gasteiger partial charge in [0.05, 0.1) is 74.2 Å². The summed E-state index contributed by atoms with van der Waals surface area (Å²) in [5, 5.41) is 30.9. The van der Waals surface area contributed by atoms with Crippen LogP contribution in [-0.4, -0.2) is 117 Å². The van der Waals surface area contributed by atoms with E-state index in [1.807, 2.05) is 0 Å². The van der Waals surface area contributed by atoms with E-state index in [1.165, 1.54) is 41.3 Å². The van der Waals surface area contributed by atoms with E-state index in [2.05, 4.69) is 46.0 Å². The van der Waals surface area contributed by atoms with Crippen molar-refractivity contribution in [3.63, 3.8) is 0 Å². The highest BCUT2D eigenvalue weighted by molar-refractivity contribution is 7.86. The van der Waals surface area contributed by atoms with Gasteiger partial charge in [0.1, 0.15) is 32.7 Å². The average molecular weight is 1120 g/mol.